The smallest absolute Gasteiger partial charge is 0.0388 e. The van der Waals surface area contributed by atoms with Gasteiger partial charge in [0.15, 0.2) is 0 Å². The van der Waals surface area contributed by atoms with Crippen LogP contribution in [0.1, 0.15) is 97.3 Å². The summed E-state index contributed by atoms with van der Waals surface area (Å²) in [7, 11) is 0. The summed E-state index contributed by atoms with van der Waals surface area (Å²) in [6.45, 7) is 4.78. The van der Waals surface area contributed by atoms with E-state index in [2.05, 4.69) is 13.8 Å². The lowest BCUT2D eigenvalue weighted by molar-refractivity contribution is 0.236. The molecule has 1 saturated carbocycles. The Kier molecular flexibility index (Phi) is 8.83. The van der Waals surface area contributed by atoms with Crippen molar-refractivity contribution in [3.8, 4) is 0 Å². The van der Waals surface area contributed by atoms with Crippen molar-refractivity contribution in [2.45, 2.75) is 97.3 Å². The Labute approximate surface area is 110 Å². The molecule has 0 bridgehead atoms. The molecule has 0 heterocycles. The molecule has 0 N–H and O–H groups in total. The molecule has 0 aromatic rings. The molecule has 0 heteroatoms. The predicted molar refractivity (Wildman–Crippen MR) is 78.3 cm³/mol. The Morgan fingerprint density at radius 3 is 2.00 bits per heavy atom. The van der Waals surface area contributed by atoms with Gasteiger partial charge in [-0.05, 0) is 11.8 Å². The third-order valence-corrected chi connectivity index (χ3v) is 4.72. The second-order valence-electron chi connectivity index (χ2n) is 6.29. The zero-order valence-corrected chi connectivity index (χ0v) is 12.3. The van der Waals surface area contributed by atoms with Crippen molar-refractivity contribution in [3.05, 3.63) is 0 Å². The van der Waals surface area contributed by atoms with Crippen LogP contribution in [0.25, 0.3) is 0 Å². The van der Waals surface area contributed by atoms with Crippen LogP contribution in [-0.2, 0) is 0 Å². The molecular formula is C17H34. The van der Waals surface area contributed by atoms with E-state index in [1.54, 1.807) is 0 Å². The summed E-state index contributed by atoms with van der Waals surface area (Å²) < 4.78 is 0. The maximum absolute atomic E-state index is 2.48. The van der Waals surface area contributed by atoms with Gasteiger partial charge in [0.2, 0.25) is 0 Å². The molecule has 0 saturated heterocycles. The van der Waals surface area contributed by atoms with Gasteiger partial charge in [0.1, 0.15) is 0 Å². The third-order valence-electron chi connectivity index (χ3n) is 4.72. The predicted octanol–water partition coefficient (Wildman–Crippen LogP) is 6.34. The minimum Gasteiger partial charge on any atom is -0.0654 e. The zero-order valence-electron chi connectivity index (χ0n) is 12.3. The topological polar surface area (TPSA) is 0 Å². The number of hydrogen-bond donors (Lipinski definition) is 0. The van der Waals surface area contributed by atoms with Crippen molar-refractivity contribution in [2.24, 2.45) is 11.8 Å². The molecule has 2 atom stereocenters. The van der Waals surface area contributed by atoms with Gasteiger partial charge in [-0.3, -0.25) is 0 Å². The highest BCUT2D eigenvalue weighted by Crippen LogP contribution is 2.33. The largest absolute Gasteiger partial charge is 0.0654 e. The standard InChI is InChI=1S/C17H34/c1-3-4-5-6-7-8-9-10-14-17-15-12-11-13-16(17)2/h16-17H,3-15H2,1-2H3. The number of rotatable bonds is 9. The fourth-order valence-electron chi connectivity index (χ4n) is 3.36. The first-order valence-corrected chi connectivity index (χ1v) is 8.34. The normalized spacial score (nSPS) is 25.1. The van der Waals surface area contributed by atoms with Crippen molar-refractivity contribution in [2.75, 3.05) is 0 Å². The molecule has 1 aliphatic carbocycles. The summed E-state index contributed by atoms with van der Waals surface area (Å²) in [5.41, 5.74) is 0. The molecule has 17 heavy (non-hydrogen) atoms. The highest BCUT2D eigenvalue weighted by atomic mass is 14.3. The lowest BCUT2D eigenvalue weighted by atomic mass is 9.78. The van der Waals surface area contributed by atoms with Crippen molar-refractivity contribution >= 4 is 0 Å². The molecule has 2 unspecified atom stereocenters. The molecule has 102 valence electrons. The van der Waals surface area contributed by atoms with Crippen molar-refractivity contribution < 1.29 is 0 Å². The minimum absolute atomic E-state index is 1.02. The van der Waals surface area contributed by atoms with Crippen LogP contribution in [0.15, 0.2) is 0 Å². The molecule has 0 nitrogen and oxygen atoms in total. The molecule has 0 aromatic heterocycles. The minimum atomic E-state index is 1.02. The summed E-state index contributed by atoms with van der Waals surface area (Å²) in [4.78, 5) is 0. The Hall–Kier alpha value is 0. The van der Waals surface area contributed by atoms with Crippen LogP contribution < -0.4 is 0 Å². The van der Waals surface area contributed by atoms with Crippen molar-refractivity contribution in [1.82, 2.24) is 0 Å². The Balaban J connectivity index is 1.86. The van der Waals surface area contributed by atoms with E-state index in [0.29, 0.717) is 0 Å². The quantitative estimate of drug-likeness (QED) is 0.411. The highest BCUT2D eigenvalue weighted by molar-refractivity contribution is 4.72. The third kappa shape index (κ3) is 7.11. The average Bonchev–Trinajstić information content (AvgIpc) is 2.35. The van der Waals surface area contributed by atoms with E-state index in [1.165, 1.54) is 83.5 Å². The first kappa shape index (κ1) is 15.1. The van der Waals surface area contributed by atoms with Crippen molar-refractivity contribution in [3.63, 3.8) is 0 Å². The van der Waals surface area contributed by atoms with Crippen LogP contribution in [0.4, 0.5) is 0 Å². The molecule has 0 amide bonds. The second-order valence-corrected chi connectivity index (χ2v) is 6.29. The van der Waals surface area contributed by atoms with Gasteiger partial charge in [0.25, 0.3) is 0 Å². The Morgan fingerprint density at radius 2 is 1.35 bits per heavy atom. The molecule has 0 radical (unpaired) electrons. The maximum atomic E-state index is 2.48. The molecule has 1 fully saturated rings. The molecule has 0 aromatic carbocycles. The van der Waals surface area contributed by atoms with Gasteiger partial charge in [0.05, 0.1) is 0 Å². The molecule has 1 aliphatic rings. The highest BCUT2D eigenvalue weighted by Gasteiger charge is 2.20. The number of hydrogen-bond acceptors (Lipinski definition) is 0. The lowest BCUT2D eigenvalue weighted by Crippen LogP contribution is -2.16. The Bertz CT molecular complexity index is 161. The summed E-state index contributed by atoms with van der Waals surface area (Å²) >= 11 is 0. The van der Waals surface area contributed by atoms with Crippen LogP contribution in [-0.4, -0.2) is 0 Å². The first-order valence-electron chi connectivity index (χ1n) is 8.34. The molecule has 0 aliphatic heterocycles. The molecular weight excluding hydrogens is 204 g/mol. The van der Waals surface area contributed by atoms with E-state index in [1.807, 2.05) is 0 Å². The van der Waals surface area contributed by atoms with Gasteiger partial charge in [-0.25, -0.2) is 0 Å². The van der Waals surface area contributed by atoms with Crippen LogP contribution >= 0.6 is 0 Å². The van der Waals surface area contributed by atoms with Gasteiger partial charge >= 0.3 is 0 Å². The van der Waals surface area contributed by atoms with E-state index < -0.39 is 0 Å². The van der Waals surface area contributed by atoms with Gasteiger partial charge in [-0.2, -0.15) is 0 Å². The van der Waals surface area contributed by atoms with Crippen LogP contribution in [0.3, 0.4) is 0 Å². The van der Waals surface area contributed by atoms with E-state index in [4.69, 9.17) is 0 Å². The van der Waals surface area contributed by atoms with E-state index >= 15 is 0 Å². The average molecular weight is 238 g/mol. The second kappa shape index (κ2) is 9.97. The van der Waals surface area contributed by atoms with E-state index in [9.17, 15) is 0 Å². The molecule has 1 rings (SSSR count). The summed E-state index contributed by atoms with van der Waals surface area (Å²) in [5, 5.41) is 0. The van der Waals surface area contributed by atoms with Gasteiger partial charge in [-0.15, -0.1) is 0 Å². The first-order chi connectivity index (χ1) is 8.34. The van der Waals surface area contributed by atoms with E-state index in [0.717, 1.165) is 11.8 Å². The monoisotopic (exact) mass is 238 g/mol. The summed E-state index contributed by atoms with van der Waals surface area (Å²) in [6, 6.07) is 0. The van der Waals surface area contributed by atoms with Gasteiger partial charge in [-0.1, -0.05) is 97.3 Å². The molecule has 0 spiro atoms. The van der Waals surface area contributed by atoms with Crippen molar-refractivity contribution in [1.29, 1.82) is 0 Å². The van der Waals surface area contributed by atoms with Crippen LogP contribution in [0, 0.1) is 11.8 Å². The fraction of sp³-hybridized carbons (Fsp3) is 1.00. The van der Waals surface area contributed by atoms with Crippen LogP contribution in [0.5, 0.6) is 0 Å². The zero-order chi connectivity index (χ0) is 12.3. The maximum Gasteiger partial charge on any atom is -0.0388 e. The van der Waals surface area contributed by atoms with Crippen LogP contribution in [0.2, 0.25) is 0 Å². The Morgan fingerprint density at radius 1 is 0.765 bits per heavy atom. The van der Waals surface area contributed by atoms with E-state index in [-0.39, 0.29) is 0 Å². The summed E-state index contributed by atoms with van der Waals surface area (Å²) in [6.07, 6.45) is 19.3. The van der Waals surface area contributed by atoms with Gasteiger partial charge < -0.3 is 0 Å². The fourth-order valence-corrected chi connectivity index (χ4v) is 3.36. The van der Waals surface area contributed by atoms with Gasteiger partial charge in [0, 0.05) is 0 Å². The SMILES string of the molecule is CCCCCCCCCCC1CCCCC1C. The summed E-state index contributed by atoms with van der Waals surface area (Å²) in [5.74, 6) is 2.09. The lowest BCUT2D eigenvalue weighted by Gasteiger charge is -2.28. The number of unbranched alkanes of at least 4 members (excludes halogenated alkanes) is 7.